The smallest absolute Gasteiger partial charge is 0.324 e. The lowest BCUT2D eigenvalue weighted by Gasteiger charge is -2.23. The van der Waals surface area contributed by atoms with Crippen LogP contribution >= 0.6 is 0 Å². The third-order valence-corrected chi connectivity index (χ3v) is 5.01. The molecular formula is C21H31N5O2. The van der Waals surface area contributed by atoms with Gasteiger partial charge in [0, 0.05) is 19.6 Å². The van der Waals surface area contributed by atoms with E-state index in [1.54, 1.807) is 4.90 Å². The first-order valence-corrected chi connectivity index (χ1v) is 10.2. The number of rotatable bonds is 7. The van der Waals surface area contributed by atoms with Crippen molar-refractivity contribution in [1.82, 2.24) is 20.2 Å². The third-order valence-electron chi connectivity index (χ3n) is 5.01. The van der Waals surface area contributed by atoms with Crippen LogP contribution < -0.4 is 15.5 Å². The molecule has 152 valence electrons. The molecule has 1 aliphatic heterocycles. The molecular weight excluding hydrogens is 354 g/mol. The quantitative estimate of drug-likeness (QED) is 0.768. The van der Waals surface area contributed by atoms with Gasteiger partial charge in [-0.15, -0.1) is 0 Å². The van der Waals surface area contributed by atoms with E-state index in [1.165, 1.54) is 0 Å². The highest BCUT2D eigenvalue weighted by Crippen LogP contribution is 2.27. The number of nitrogens with zero attached hydrogens (tertiary/aromatic N) is 3. The van der Waals surface area contributed by atoms with Crippen LogP contribution in [0, 0.1) is 11.8 Å². The number of amides is 3. The fourth-order valence-corrected chi connectivity index (χ4v) is 3.52. The van der Waals surface area contributed by atoms with Gasteiger partial charge in [-0.25, -0.2) is 9.78 Å². The molecule has 0 fully saturated rings. The fraction of sp³-hybridized carbons (Fsp3) is 0.571. The van der Waals surface area contributed by atoms with Gasteiger partial charge in [0.1, 0.15) is 6.04 Å². The molecule has 1 aromatic carbocycles. The largest absolute Gasteiger partial charge is 0.354 e. The first kappa shape index (κ1) is 20.2. The summed E-state index contributed by atoms with van der Waals surface area (Å²) in [7, 11) is 0. The Balaban J connectivity index is 1.70. The van der Waals surface area contributed by atoms with Crippen LogP contribution in [0.25, 0.3) is 11.0 Å². The predicted octanol–water partition coefficient (Wildman–Crippen LogP) is 3.14. The van der Waals surface area contributed by atoms with Crippen LogP contribution in [0.15, 0.2) is 24.3 Å². The third kappa shape index (κ3) is 4.46. The summed E-state index contributed by atoms with van der Waals surface area (Å²) in [5.41, 5.74) is 1.90. The van der Waals surface area contributed by atoms with E-state index in [-0.39, 0.29) is 11.9 Å². The molecule has 3 rings (SSSR count). The van der Waals surface area contributed by atoms with Crippen LogP contribution in [0.5, 0.6) is 0 Å². The molecule has 0 unspecified atom stereocenters. The Kier molecular flexibility index (Phi) is 6.21. The number of para-hydroxylation sites is 2. The molecule has 1 aliphatic rings. The summed E-state index contributed by atoms with van der Waals surface area (Å²) in [5.74, 6) is 1.35. The van der Waals surface area contributed by atoms with E-state index in [1.807, 2.05) is 24.3 Å². The molecule has 1 aromatic heterocycles. The van der Waals surface area contributed by atoms with Crippen LogP contribution in [0.1, 0.15) is 40.5 Å². The maximum atomic E-state index is 12.9. The van der Waals surface area contributed by atoms with Gasteiger partial charge in [-0.3, -0.25) is 9.69 Å². The van der Waals surface area contributed by atoms with E-state index in [0.717, 1.165) is 17.5 Å². The summed E-state index contributed by atoms with van der Waals surface area (Å²) in [5, 5.41) is 5.90. The number of fused-ring (bicyclic) bond motifs is 3. The molecule has 2 heterocycles. The lowest BCUT2D eigenvalue weighted by molar-refractivity contribution is -0.123. The lowest BCUT2D eigenvalue weighted by Crippen LogP contribution is -2.51. The van der Waals surface area contributed by atoms with Crippen molar-refractivity contribution < 1.29 is 9.59 Å². The van der Waals surface area contributed by atoms with Gasteiger partial charge in [-0.2, -0.15) is 0 Å². The first-order chi connectivity index (χ1) is 13.4. The second-order valence-corrected chi connectivity index (χ2v) is 8.31. The van der Waals surface area contributed by atoms with Gasteiger partial charge in [0.05, 0.1) is 11.0 Å². The fourth-order valence-electron chi connectivity index (χ4n) is 3.52. The number of urea groups is 1. The Morgan fingerprint density at radius 1 is 1.11 bits per heavy atom. The molecule has 0 saturated carbocycles. The van der Waals surface area contributed by atoms with Gasteiger partial charge in [0.25, 0.3) is 0 Å². The Bertz CT molecular complexity index is 842. The highest BCUT2D eigenvalue weighted by molar-refractivity contribution is 5.96. The van der Waals surface area contributed by atoms with Crippen molar-refractivity contribution in [3.05, 3.63) is 24.3 Å². The molecule has 1 atom stereocenters. The molecule has 0 spiro atoms. The minimum Gasteiger partial charge on any atom is -0.354 e. The Morgan fingerprint density at radius 2 is 1.86 bits per heavy atom. The molecule has 0 bridgehead atoms. The van der Waals surface area contributed by atoms with Gasteiger partial charge >= 0.3 is 6.03 Å². The van der Waals surface area contributed by atoms with Crippen molar-refractivity contribution in [1.29, 1.82) is 0 Å². The second kappa shape index (κ2) is 8.63. The Hall–Kier alpha value is -2.57. The van der Waals surface area contributed by atoms with Crippen LogP contribution in [0.4, 0.5) is 10.7 Å². The number of hydrogen-bond acceptors (Lipinski definition) is 3. The Labute approximate surface area is 166 Å². The average molecular weight is 386 g/mol. The minimum atomic E-state index is -0.543. The van der Waals surface area contributed by atoms with Crippen molar-refractivity contribution in [3.8, 4) is 0 Å². The van der Waals surface area contributed by atoms with Gasteiger partial charge in [-0.1, -0.05) is 39.8 Å². The van der Waals surface area contributed by atoms with Crippen LogP contribution in [-0.4, -0.2) is 40.6 Å². The van der Waals surface area contributed by atoms with Gasteiger partial charge < -0.3 is 15.2 Å². The predicted molar refractivity (Wildman–Crippen MR) is 111 cm³/mol. The topological polar surface area (TPSA) is 79.3 Å². The summed E-state index contributed by atoms with van der Waals surface area (Å²) in [6.45, 7) is 10.2. The second-order valence-electron chi connectivity index (χ2n) is 8.31. The van der Waals surface area contributed by atoms with Gasteiger partial charge in [0.2, 0.25) is 11.9 Å². The lowest BCUT2D eigenvalue weighted by atomic mass is 10.0. The molecule has 2 N–H and O–H groups in total. The van der Waals surface area contributed by atoms with Crippen molar-refractivity contribution in [3.63, 3.8) is 0 Å². The molecule has 28 heavy (non-hydrogen) atoms. The number of carbonyl (C=O) groups excluding carboxylic acids is 2. The van der Waals surface area contributed by atoms with Gasteiger partial charge in [-0.05, 0) is 36.8 Å². The van der Waals surface area contributed by atoms with E-state index < -0.39 is 6.04 Å². The summed E-state index contributed by atoms with van der Waals surface area (Å²) in [4.78, 5) is 31.8. The summed E-state index contributed by atoms with van der Waals surface area (Å²) >= 11 is 0. The summed E-state index contributed by atoms with van der Waals surface area (Å²) in [6, 6.07) is 7.06. The molecule has 0 radical (unpaired) electrons. The average Bonchev–Trinajstić information content (AvgIpc) is 3.19. The highest BCUT2D eigenvalue weighted by atomic mass is 16.2. The van der Waals surface area contributed by atoms with Crippen molar-refractivity contribution in [2.75, 3.05) is 18.0 Å². The molecule has 7 heteroatoms. The zero-order valence-corrected chi connectivity index (χ0v) is 17.2. The zero-order valence-electron chi connectivity index (χ0n) is 17.2. The van der Waals surface area contributed by atoms with E-state index in [4.69, 9.17) is 0 Å². The van der Waals surface area contributed by atoms with E-state index in [2.05, 4.69) is 47.9 Å². The number of hydrogen-bond donors (Lipinski definition) is 2. The van der Waals surface area contributed by atoms with Crippen LogP contribution in [-0.2, 0) is 11.3 Å². The number of anilines is 1. The molecule has 3 amide bonds. The van der Waals surface area contributed by atoms with E-state index >= 15 is 0 Å². The van der Waals surface area contributed by atoms with Crippen LogP contribution in [0.3, 0.4) is 0 Å². The normalized spacial score (nSPS) is 14.6. The standard InChI is InChI=1S/C21H31N5O2/c1-14(2)9-10-22-19(27)17(13-15(3)4)24-21(28)26-12-11-25-18-8-6-5-7-16(18)23-20(25)26/h5-8,14-15,17H,9-13H2,1-4H3,(H,22,27)(H,24,28)/t17-/m1/s1. The number of nitrogens with one attached hydrogen (secondary N) is 2. The number of benzene rings is 1. The number of aromatic nitrogens is 2. The Morgan fingerprint density at radius 3 is 2.57 bits per heavy atom. The van der Waals surface area contributed by atoms with Crippen LogP contribution in [0.2, 0.25) is 0 Å². The first-order valence-electron chi connectivity index (χ1n) is 10.2. The van der Waals surface area contributed by atoms with Crippen molar-refractivity contribution in [2.24, 2.45) is 11.8 Å². The summed E-state index contributed by atoms with van der Waals surface area (Å²) in [6.07, 6.45) is 1.52. The number of carbonyl (C=O) groups is 2. The summed E-state index contributed by atoms with van der Waals surface area (Å²) < 4.78 is 2.05. The minimum absolute atomic E-state index is 0.115. The zero-order chi connectivity index (χ0) is 20.3. The molecule has 2 aromatic rings. The van der Waals surface area contributed by atoms with E-state index in [9.17, 15) is 9.59 Å². The molecule has 0 aliphatic carbocycles. The highest BCUT2D eigenvalue weighted by Gasteiger charge is 2.31. The molecule has 0 saturated heterocycles. The maximum Gasteiger partial charge on any atom is 0.324 e. The van der Waals surface area contributed by atoms with Crippen molar-refractivity contribution in [2.45, 2.75) is 53.1 Å². The monoisotopic (exact) mass is 385 g/mol. The maximum absolute atomic E-state index is 12.9. The molecule has 7 nitrogen and oxygen atoms in total. The van der Waals surface area contributed by atoms with Crippen molar-refractivity contribution >= 4 is 28.9 Å². The number of imidazole rings is 1. The van der Waals surface area contributed by atoms with E-state index in [0.29, 0.717) is 43.8 Å². The van der Waals surface area contributed by atoms with Gasteiger partial charge in [0.15, 0.2) is 0 Å². The SMILES string of the molecule is CC(C)CCNC(=O)[C@@H](CC(C)C)NC(=O)N1CCn2c1nc1ccccc12.